The van der Waals surface area contributed by atoms with E-state index in [4.69, 9.17) is 5.73 Å². The third-order valence-electron chi connectivity index (χ3n) is 5.58. The molecule has 1 aliphatic carbocycles. The van der Waals surface area contributed by atoms with Crippen LogP contribution >= 0.6 is 0 Å². The van der Waals surface area contributed by atoms with Crippen LogP contribution in [0.25, 0.3) is 0 Å². The molecule has 3 N–H and O–H groups in total. The second-order valence-electron chi connectivity index (χ2n) is 7.36. The lowest BCUT2D eigenvalue weighted by Gasteiger charge is -2.39. The number of ketones is 1. The van der Waals surface area contributed by atoms with Gasteiger partial charge in [0.05, 0.1) is 17.1 Å². The van der Waals surface area contributed by atoms with E-state index in [1.165, 1.54) is 0 Å². The van der Waals surface area contributed by atoms with E-state index in [-0.39, 0.29) is 30.1 Å². The van der Waals surface area contributed by atoms with Crippen LogP contribution in [0, 0.1) is 11.8 Å². The van der Waals surface area contributed by atoms with E-state index in [0.717, 1.165) is 19.3 Å². The minimum absolute atomic E-state index is 0.0116. The Balaban J connectivity index is 1.81. The van der Waals surface area contributed by atoms with Crippen molar-refractivity contribution >= 4 is 11.8 Å². The van der Waals surface area contributed by atoms with Gasteiger partial charge < -0.3 is 20.6 Å². The predicted molar refractivity (Wildman–Crippen MR) is 88.6 cm³/mol. The van der Waals surface area contributed by atoms with Crippen molar-refractivity contribution in [2.45, 2.75) is 32.2 Å². The van der Waals surface area contributed by atoms with Crippen molar-refractivity contribution in [3.8, 4) is 0 Å². The lowest BCUT2D eigenvalue weighted by Crippen LogP contribution is -2.44. The van der Waals surface area contributed by atoms with Gasteiger partial charge in [-0.15, -0.1) is 0 Å². The zero-order valence-electron chi connectivity index (χ0n) is 14.2. The third-order valence-corrected chi connectivity index (χ3v) is 5.58. The highest BCUT2D eigenvalue weighted by atomic mass is 19.1. The van der Waals surface area contributed by atoms with Gasteiger partial charge in [0.25, 0.3) is 0 Å². The number of Topliss-reactive ketones (excluding diaryl/α,β-unsaturated/α-hetero) is 1. The number of hydrogen-bond acceptors (Lipinski definition) is 5. The number of likely N-dealkylation sites (tertiary alicyclic amines) is 1. The number of carbonyl (C=O) groups excluding carboxylic acids is 1. The van der Waals surface area contributed by atoms with E-state index in [9.17, 15) is 19.1 Å². The van der Waals surface area contributed by atoms with Crippen LogP contribution in [0.1, 0.15) is 26.2 Å². The number of fused-ring (bicyclic) bond motifs is 1. The molecule has 0 radical (unpaired) electrons. The number of nitrogens with zero attached hydrogens (tertiary/aromatic N) is 2. The molecule has 4 aliphatic rings. The fraction of sp³-hybridized carbons (Fsp3) is 0.556. The van der Waals surface area contributed by atoms with Gasteiger partial charge in [-0.1, -0.05) is 0 Å². The van der Waals surface area contributed by atoms with E-state index in [0.29, 0.717) is 35.8 Å². The Labute approximate surface area is 145 Å². The Morgan fingerprint density at radius 2 is 2.04 bits per heavy atom. The zero-order chi connectivity index (χ0) is 17.9. The van der Waals surface area contributed by atoms with Crippen LogP contribution in [0.3, 0.4) is 0 Å². The van der Waals surface area contributed by atoms with Gasteiger partial charge in [0, 0.05) is 31.2 Å². The highest BCUT2D eigenvalue weighted by molar-refractivity contribution is 6.10. The van der Waals surface area contributed by atoms with Crippen LogP contribution in [0.5, 0.6) is 0 Å². The van der Waals surface area contributed by atoms with E-state index >= 15 is 0 Å². The molecule has 0 bridgehead atoms. The van der Waals surface area contributed by atoms with Gasteiger partial charge in [0.15, 0.2) is 11.6 Å². The van der Waals surface area contributed by atoms with E-state index in [1.807, 2.05) is 4.90 Å². The molecular weight excluding hydrogens is 325 g/mol. The molecule has 3 aliphatic heterocycles. The van der Waals surface area contributed by atoms with E-state index in [1.54, 1.807) is 17.9 Å². The summed E-state index contributed by atoms with van der Waals surface area (Å²) in [5, 5.41) is 9.41. The Bertz CT molecular complexity index is 751. The van der Waals surface area contributed by atoms with Crippen LogP contribution in [-0.4, -0.2) is 52.3 Å². The van der Waals surface area contributed by atoms with Gasteiger partial charge in [-0.05, 0) is 38.2 Å². The Morgan fingerprint density at radius 1 is 1.32 bits per heavy atom. The second-order valence-corrected chi connectivity index (χ2v) is 7.36. The lowest BCUT2D eigenvalue weighted by molar-refractivity contribution is -0.146. The summed E-state index contributed by atoms with van der Waals surface area (Å²) in [6.07, 6.45) is 4.30. The molecule has 4 rings (SSSR count). The average molecular weight is 347 g/mol. The quantitative estimate of drug-likeness (QED) is 0.750. The Hall–Kier alpha value is -2.15. The SMILES string of the molecule is CC1=C(F)C(N2CCC(N)C2)=CC2=C(C3CC3)C(=O)C(C(=O)O)CN12. The smallest absolute Gasteiger partial charge is 0.316 e. The molecule has 0 amide bonds. The predicted octanol–water partition coefficient (Wildman–Crippen LogP) is 1.37. The molecule has 7 heteroatoms. The van der Waals surface area contributed by atoms with E-state index in [2.05, 4.69) is 0 Å². The van der Waals surface area contributed by atoms with Crippen molar-refractivity contribution in [3.05, 3.63) is 34.6 Å². The van der Waals surface area contributed by atoms with Crippen LogP contribution in [0.4, 0.5) is 4.39 Å². The maximum atomic E-state index is 15.0. The molecule has 0 spiro atoms. The summed E-state index contributed by atoms with van der Waals surface area (Å²) >= 11 is 0. The van der Waals surface area contributed by atoms with Crippen LogP contribution in [0.15, 0.2) is 34.6 Å². The zero-order valence-corrected chi connectivity index (χ0v) is 14.2. The molecule has 1 saturated heterocycles. The first kappa shape index (κ1) is 16.3. The standard InChI is InChI=1S/C18H22FN3O3/c1-9-16(19)14(21-5-4-11(20)7-21)6-13-15(10-2-3-10)17(23)12(18(24)25)8-22(9)13/h6,10-12H,2-5,7-8,20H2,1H3,(H,24,25). The third kappa shape index (κ3) is 2.57. The van der Waals surface area contributed by atoms with Gasteiger partial charge in [0.2, 0.25) is 0 Å². The molecule has 2 atom stereocenters. The highest BCUT2D eigenvalue weighted by Gasteiger charge is 2.46. The van der Waals surface area contributed by atoms with Gasteiger partial charge in [0.1, 0.15) is 5.92 Å². The number of halogens is 1. The molecule has 3 heterocycles. The summed E-state index contributed by atoms with van der Waals surface area (Å²) in [7, 11) is 0. The summed E-state index contributed by atoms with van der Waals surface area (Å²) in [4.78, 5) is 27.8. The number of aliphatic carboxylic acids is 1. The summed E-state index contributed by atoms with van der Waals surface area (Å²) in [5.74, 6) is -2.84. The molecule has 2 unspecified atom stereocenters. The first-order chi connectivity index (χ1) is 11.9. The van der Waals surface area contributed by atoms with Gasteiger partial charge in [-0.3, -0.25) is 9.59 Å². The number of nitrogens with two attached hydrogens (primary N) is 1. The lowest BCUT2D eigenvalue weighted by atomic mass is 9.86. The molecule has 0 aromatic heterocycles. The number of rotatable bonds is 3. The van der Waals surface area contributed by atoms with Crippen molar-refractivity contribution in [2.24, 2.45) is 17.6 Å². The minimum Gasteiger partial charge on any atom is -0.481 e. The van der Waals surface area contributed by atoms with Crippen molar-refractivity contribution in [1.82, 2.24) is 9.80 Å². The largest absolute Gasteiger partial charge is 0.481 e. The molecule has 2 fully saturated rings. The molecule has 6 nitrogen and oxygen atoms in total. The number of allylic oxidation sites excluding steroid dienone is 4. The first-order valence-electron chi connectivity index (χ1n) is 8.76. The fourth-order valence-corrected chi connectivity index (χ4v) is 4.00. The minimum atomic E-state index is -1.14. The second kappa shape index (κ2) is 5.69. The van der Waals surface area contributed by atoms with Crippen LogP contribution in [-0.2, 0) is 9.59 Å². The van der Waals surface area contributed by atoms with Crippen molar-refractivity contribution in [1.29, 1.82) is 0 Å². The summed E-state index contributed by atoms with van der Waals surface area (Å²) in [5.41, 5.74) is 8.04. The summed E-state index contributed by atoms with van der Waals surface area (Å²) in [6.45, 7) is 2.91. The van der Waals surface area contributed by atoms with Crippen molar-refractivity contribution in [2.75, 3.05) is 19.6 Å². The first-order valence-corrected chi connectivity index (χ1v) is 8.76. The molecular formula is C18H22FN3O3. The van der Waals surface area contributed by atoms with E-state index < -0.39 is 11.9 Å². The number of carboxylic acid groups (broad SMARTS) is 1. The van der Waals surface area contributed by atoms with Gasteiger partial charge in [-0.2, -0.15) is 0 Å². The van der Waals surface area contributed by atoms with Crippen molar-refractivity contribution < 1.29 is 19.1 Å². The monoisotopic (exact) mass is 347 g/mol. The normalized spacial score (nSPS) is 30.0. The topological polar surface area (TPSA) is 86.9 Å². The molecule has 25 heavy (non-hydrogen) atoms. The summed E-state index contributed by atoms with van der Waals surface area (Å²) < 4.78 is 15.0. The van der Waals surface area contributed by atoms with Gasteiger partial charge in [-0.25, -0.2) is 4.39 Å². The average Bonchev–Trinajstić information content (AvgIpc) is 3.30. The Morgan fingerprint density at radius 3 is 2.60 bits per heavy atom. The number of carbonyl (C=O) groups is 2. The number of carboxylic acids is 1. The molecule has 1 saturated carbocycles. The molecule has 134 valence electrons. The maximum absolute atomic E-state index is 15.0. The molecule has 0 aromatic rings. The fourth-order valence-electron chi connectivity index (χ4n) is 4.00. The Kier molecular flexibility index (Phi) is 3.72. The maximum Gasteiger partial charge on any atom is 0.316 e. The van der Waals surface area contributed by atoms with Crippen LogP contribution < -0.4 is 5.73 Å². The van der Waals surface area contributed by atoms with Gasteiger partial charge >= 0.3 is 5.97 Å². The van der Waals surface area contributed by atoms with Crippen molar-refractivity contribution in [3.63, 3.8) is 0 Å². The molecule has 0 aromatic carbocycles. The van der Waals surface area contributed by atoms with Crippen LogP contribution in [0.2, 0.25) is 0 Å². The summed E-state index contributed by atoms with van der Waals surface area (Å²) in [6, 6.07) is 0.0216. The number of hydrogen-bond donors (Lipinski definition) is 2. The highest BCUT2D eigenvalue weighted by Crippen LogP contribution is 2.46.